The van der Waals surface area contributed by atoms with Crippen molar-refractivity contribution in [1.82, 2.24) is 9.88 Å². The monoisotopic (exact) mass is 290 g/mol. The van der Waals surface area contributed by atoms with Crippen LogP contribution in [0.5, 0.6) is 0 Å². The smallest absolute Gasteiger partial charge is 0.209 e. The molecule has 0 saturated carbocycles. The van der Waals surface area contributed by atoms with Crippen LogP contribution in [-0.2, 0) is 11.3 Å². The molecule has 1 saturated heterocycles. The maximum Gasteiger partial charge on any atom is 0.209 e. The Morgan fingerprint density at radius 1 is 1.19 bits per heavy atom. The minimum Gasteiger partial charge on any atom is -0.439 e. The quantitative estimate of drug-likeness (QED) is 0.870. The third-order valence-electron chi connectivity index (χ3n) is 3.54. The highest BCUT2D eigenvalue weighted by Gasteiger charge is 2.23. The van der Waals surface area contributed by atoms with Crippen LogP contribution in [0.1, 0.15) is 19.7 Å². The molecule has 4 nitrogen and oxygen atoms in total. The van der Waals surface area contributed by atoms with E-state index in [1.807, 2.05) is 0 Å². The summed E-state index contributed by atoms with van der Waals surface area (Å²) < 4.78 is 24.4. The van der Waals surface area contributed by atoms with E-state index in [4.69, 9.17) is 9.15 Å². The molecule has 0 N–H and O–H groups in total. The number of hydrogen-bond acceptors (Lipinski definition) is 4. The van der Waals surface area contributed by atoms with Gasteiger partial charge in [0.25, 0.3) is 0 Å². The van der Waals surface area contributed by atoms with E-state index in [2.05, 4.69) is 23.7 Å². The second kappa shape index (κ2) is 5.95. The molecule has 2 aromatic rings. The average molecular weight is 290 g/mol. The van der Waals surface area contributed by atoms with Crippen LogP contribution in [0.2, 0.25) is 0 Å². The van der Waals surface area contributed by atoms with Crippen molar-refractivity contribution in [1.29, 1.82) is 0 Å². The van der Waals surface area contributed by atoms with Crippen LogP contribution in [0, 0.1) is 5.82 Å². The average Bonchev–Trinajstić information content (AvgIpc) is 2.87. The van der Waals surface area contributed by atoms with E-state index in [0.717, 1.165) is 18.7 Å². The number of aromatic nitrogens is 1. The molecule has 0 radical (unpaired) electrons. The summed E-state index contributed by atoms with van der Waals surface area (Å²) in [5, 5.41) is 0. The first kappa shape index (κ1) is 14.2. The predicted molar refractivity (Wildman–Crippen MR) is 77.2 cm³/mol. The van der Waals surface area contributed by atoms with Crippen LogP contribution in [0.25, 0.3) is 11.3 Å². The van der Waals surface area contributed by atoms with E-state index in [1.165, 1.54) is 12.1 Å². The van der Waals surface area contributed by atoms with Gasteiger partial charge in [-0.1, -0.05) is 0 Å². The molecule has 1 aromatic carbocycles. The number of morpholine rings is 1. The van der Waals surface area contributed by atoms with Gasteiger partial charge in [-0.2, -0.15) is 0 Å². The largest absolute Gasteiger partial charge is 0.439 e. The Kier molecular flexibility index (Phi) is 4.03. The lowest BCUT2D eigenvalue weighted by molar-refractivity contribution is -0.0721. The minimum atomic E-state index is -0.255. The number of rotatable bonds is 3. The Hall–Kier alpha value is -1.72. The van der Waals surface area contributed by atoms with Gasteiger partial charge in [-0.05, 0) is 38.1 Å². The molecular formula is C16H19FN2O2. The molecule has 0 spiro atoms. The Balaban J connectivity index is 1.69. The fourth-order valence-corrected chi connectivity index (χ4v) is 2.74. The molecule has 3 rings (SSSR count). The number of nitrogens with zero attached hydrogens (tertiary/aromatic N) is 2. The molecule has 0 aliphatic carbocycles. The first-order valence-electron chi connectivity index (χ1n) is 7.18. The van der Waals surface area contributed by atoms with Crippen molar-refractivity contribution in [2.75, 3.05) is 13.1 Å². The zero-order valence-electron chi connectivity index (χ0n) is 12.3. The van der Waals surface area contributed by atoms with Gasteiger partial charge in [0.1, 0.15) is 5.82 Å². The highest BCUT2D eigenvalue weighted by atomic mass is 19.1. The van der Waals surface area contributed by atoms with Crippen molar-refractivity contribution in [2.45, 2.75) is 32.6 Å². The molecule has 1 aliphatic heterocycles. The van der Waals surface area contributed by atoms with Crippen molar-refractivity contribution in [2.24, 2.45) is 0 Å². The first-order valence-corrected chi connectivity index (χ1v) is 7.18. The van der Waals surface area contributed by atoms with Gasteiger partial charge in [0, 0.05) is 18.7 Å². The summed E-state index contributed by atoms with van der Waals surface area (Å²) in [6.45, 7) is 6.56. The van der Waals surface area contributed by atoms with Crippen LogP contribution >= 0.6 is 0 Å². The van der Waals surface area contributed by atoms with Gasteiger partial charge in [-0.25, -0.2) is 9.37 Å². The van der Waals surface area contributed by atoms with Crippen LogP contribution in [0.15, 0.2) is 34.9 Å². The van der Waals surface area contributed by atoms with Gasteiger partial charge >= 0.3 is 0 Å². The summed E-state index contributed by atoms with van der Waals surface area (Å²) in [7, 11) is 0. The lowest BCUT2D eigenvalue weighted by Crippen LogP contribution is -2.44. The second-order valence-electron chi connectivity index (χ2n) is 5.58. The van der Waals surface area contributed by atoms with E-state index >= 15 is 0 Å². The van der Waals surface area contributed by atoms with Crippen LogP contribution in [0.4, 0.5) is 4.39 Å². The molecule has 1 aromatic heterocycles. The SMILES string of the molecule is C[C@@H]1CN(Cc2ncc(-c3ccc(F)cc3)o2)C[C@@H](C)O1. The van der Waals surface area contributed by atoms with Gasteiger partial charge < -0.3 is 9.15 Å². The third-order valence-corrected chi connectivity index (χ3v) is 3.54. The fraction of sp³-hybridized carbons (Fsp3) is 0.438. The highest BCUT2D eigenvalue weighted by molar-refractivity contribution is 5.55. The van der Waals surface area contributed by atoms with Crippen molar-refractivity contribution in [3.63, 3.8) is 0 Å². The standard InChI is InChI=1S/C16H19FN2O2/c1-11-8-19(9-12(2)20-11)10-16-18-7-15(21-16)13-3-5-14(17)6-4-13/h3-7,11-12H,8-10H2,1-2H3/t11-,12-/m1/s1. The van der Waals surface area contributed by atoms with Crippen molar-refractivity contribution in [3.05, 3.63) is 42.2 Å². The van der Waals surface area contributed by atoms with Crippen molar-refractivity contribution >= 4 is 0 Å². The van der Waals surface area contributed by atoms with Crippen LogP contribution < -0.4 is 0 Å². The first-order chi connectivity index (χ1) is 10.1. The van der Waals surface area contributed by atoms with Gasteiger partial charge in [0.2, 0.25) is 5.89 Å². The molecule has 0 unspecified atom stereocenters. The lowest BCUT2D eigenvalue weighted by Gasteiger charge is -2.34. The summed E-state index contributed by atoms with van der Waals surface area (Å²) in [5.41, 5.74) is 0.832. The summed E-state index contributed by atoms with van der Waals surface area (Å²) in [6, 6.07) is 6.22. The summed E-state index contributed by atoms with van der Waals surface area (Å²) >= 11 is 0. The summed E-state index contributed by atoms with van der Waals surface area (Å²) in [4.78, 5) is 6.59. The van der Waals surface area contributed by atoms with E-state index in [1.54, 1.807) is 18.3 Å². The van der Waals surface area contributed by atoms with Crippen molar-refractivity contribution < 1.29 is 13.5 Å². The molecule has 1 aliphatic rings. The number of ether oxygens (including phenoxy) is 1. The number of benzene rings is 1. The number of oxazole rings is 1. The zero-order valence-corrected chi connectivity index (χ0v) is 12.3. The van der Waals surface area contributed by atoms with Gasteiger partial charge in [-0.15, -0.1) is 0 Å². The molecule has 2 heterocycles. The summed E-state index contributed by atoms with van der Waals surface area (Å²) in [5.74, 6) is 1.09. The Morgan fingerprint density at radius 3 is 2.52 bits per heavy atom. The van der Waals surface area contributed by atoms with E-state index in [9.17, 15) is 4.39 Å². The molecular weight excluding hydrogens is 271 g/mol. The predicted octanol–water partition coefficient (Wildman–Crippen LogP) is 3.09. The maximum absolute atomic E-state index is 12.9. The molecule has 0 bridgehead atoms. The minimum absolute atomic E-state index is 0.222. The molecule has 0 amide bonds. The highest BCUT2D eigenvalue weighted by Crippen LogP contribution is 2.22. The third kappa shape index (κ3) is 3.49. The molecule has 112 valence electrons. The molecule has 2 atom stereocenters. The molecule has 5 heteroatoms. The lowest BCUT2D eigenvalue weighted by atomic mass is 10.2. The normalized spacial score (nSPS) is 23.4. The van der Waals surface area contributed by atoms with Gasteiger partial charge in [0.15, 0.2) is 5.76 Å². The maximum atomic E-state index is 12.9. The van der Waals surface area contributed by atoms with Crippen molar-refractivity contribution in [3.8, 4) is 11.3 Å². The second-order valence-corrected chi connectivity index (χ2v) is 5.58. The van der Waals surface area contributed by atoms with Gasteiger partial charge in [-0.3, -0.25) is 4.90 Å². The topological polar surface area (TPSA) is 38.5 Å². The zero-order chi connectivity index (χ0) is 14.8. The van der Waals surface area contributed by atoms with E-state index in [-0.39, 0.29) is 18.0 Å². The van der Waals surface area contributed by atoms with Gasteiger partial charge in [0.05, 0.1) is 24.9 Å². The number of hydrogen-bond donors (Lipinski definition) is 0. The Bertz CT molecular complexity index is 587. The Morgan fingerprint density at radius 2 is 1.86 bits per heavy atom. The van der Waals surface area contributed by atoms with Crippen LogP contribution in [0.3, 0.4) is 0 Å². The molecule has 21 heavy (non-hydrogen) atoms. The van der Waals surface area contributed by atoms with Crippen LogP contribution in [-0.4, -0.2) is 35.2 Å². The summed E-state index contributed by atoms with van der Waals surface area (Å²) in [6.07, 6.45) is 2.14. The fourth-order valence-electron chi connectivity index (χ4n) is 2.74. The molecule has 1 fully saturated rings. The Labute approximate surface area is 123 Å². The van der Waals surface area contributed by atoms with E-state index in [0.29, 0.717) is 18.2 Å². The van der Waals surface area contributed by atoms with E-state index < -0.39 is 0 Å². The number of halogens is 1.